The predicted molar refractivity (Wildman–Crippen MR) is 117 cm³/mol. The van der Waals surface area contributed by atoms with Crippen molar-refractivity contribution < 1.29 is 4.79 Å². The summed E-state index contributed by atoms with van der Waals surface area (Å²) in [6.07, 6.45) is 18.2. The quantitative estimate of drug-likeness (QED) is 0.683. The molecule has 0 spiro atoms. The van der Waals surface area contributed by atoms with Gasteiger partial charge in [-0.1, -0.05) is 49.3 Å². The summed E-state index contributed by atoms with van der Waals surface area (Å²) in [5, 5.41) is 3.17. The van der Waals surface area contributed by atoms with Crippen molar-refractivity contribution in [3.63, 3.8) is 0 Å². The topological polar surface area (TPSA) is 42.0 Å². The van der Waals surface area contributed by atoms with Crippen molar-refractivity contribution in [3.8, 4) is 0 Å². The first-order valence-corrected chi connectivity index (χ1v) is 11.2. The Morgan fingerprint density at radius 1 is 1.21 bits per heavy atom. The second-order valence-corrected chi connectivity index (χ2v) is 10.1. The Bertz CT molecular complexity index is 927. The fraction of sp³-hybridized carbons (Fsp3) is 0.538. The molecule has 1 amide bonds. The van der Waals surface area contributed by atoms with E-state index in [1.807, 2.05) is 18.5 Å². The average Bonchev–Trinajstić information content (AvgIpc) is 3.06. The predicted octanol–water partition coefficient (Wildman–Crippen LogP) is 5.46. The van der Waals surface area contributed by atoms with Gasteiger partial charge in [0.25, 0.3) is 0 Å². The van der Waals surface area contributed by atoms with Crippen LogP contribution in [0.3, 0.4) is 0 Å². The SMILES string of the molecule is CC(=O)N[C@@H]1CC[C@@]2(C)C(=CC[C@H]3C4=CC=C(c5cccnc5)[C@@]4(C)CC[C@@H]32)C1. The van der Waals surface area contributed by atoms with E-state index in [0.29, 0.717) is 12.0 Å². The Kier molecular flexibility index (Phi) is 4.34. The first-order valence-electron chi connectivity index (χ1n) is 11.2. The van der Waals surface area contributed by atoms with Gasteiger partial charge in [0.1, 0.15) is 0 Å². The van der Waals surface area contributed by atoms with E-state index >= 15 is 0 Å². The molecule has 3 nitrogen and oxygen atoms in total. The molecule has 152 valence electrons. The Morgan fingerprint density at radius 3 is 2.83 bits per heavy atom. The fourth-order valence-electron chi connectivity index (χ4n) is 7.02. The van der Waals surface area contributed by atoms with Gasteiger partial charge in [-0.15, -0.1) is 0 Å². The Labute approximate surface area is 174 Å². The van der Waals surface area contributed by atoms with Gasteiger partial charge in [0.05, 0.1) is 0 Å². The molecule has 2 fully saturated rings. The maximum atomic E-state index is 11.5. The normalized spacial score (nSPS) is 38.0. The van der Waals surface area contributed by atoms with Crippen LogP contribution >= 0.6 is 0 Å². The zero-order valence-electron chi connectivity index (χ0n) is 17.9. The smallest absolute Gasteiger partial charge is 0.217 e. The standard InChI is InChI=1S/C26H32N2O/c1-17(29)28-20-10-12-25(2)19(15-20)6-7-21-23-9-8-22(18-5-4-14-27-16-18)26(23,3)13-11-24(21)25/h4-6,8-9,14,16,20-21,24H,7,10-13,15H2,1-3H3,(H,28,29)/t20-,21+,24+,25+,26-/m1/s1. The number of pyridine rings is 1. The summed E-state index contributed by atoms with van der Waals surface area (Å²) in [6, 6.07) is 4.57. The number of nitrogens with zero attached hydrogens (tertiary/aromatic N) is 1. The van der Waals surface area contributed by atoms with Crippen LogP contribution in [0.5, 0.6) is 0 Å². The van der Waals surface area contributed by atoms with Crippen molar-refractivity contribution in [2.75, 3.05) is 0 Å². The van der Waals surface area contributed by atoms with Crippen molar-refractivity contribution in [1.29, 1.82) is 0 Å². The number of amides is 1. The highest BCUT2D eigenvalue weighted by molar-refractivity contribution is 5.78. The molecule has 5 rings (SSSR count). The summed E-state index contributed by atoms with van der Waals surface area (Å²) in [6.45, 7) is 6.60. The van der Waals surface area contributed by atoms with E-state index in [-0.39, 0.29) is 16.7 Å². The molecule has 1 aromatic rings. The van der Waals surface area contributed by atoms with Crippen LogP contribution in [0.1, 0.15) is 64.9 Å². The van der Waals surface area contributed by atoms with E-state index in [9.17, 15) is 4.79 Å². The summed E-state index contributed by atoms with van der Waals surface area (Å²) in [7, 11) is 0. The van der Waals surface area contributed by atoms with Crippen LogP contribution in [0, 0.1) is 22.7 Å². The number of carbonyl (C=O) groups excluding carboxylic acids is 1. The first kappa shape index (κ1) is 18.8. The van der Waals surface area contributed by atoms with Gasteiger partial charge in [-0.2, -0.15) is 0 Å². The number of fused-ring (bicyclic) bond motifs is 5. The van der Waals surface area contributed by atoms with Gasteiger partial charge in [-0.25, -0.2) is 0 Å². The van der Waals surface area contributed by atoms with Gasteiger partial charge < -0.3 is 5.32 Å². The molecule has 1 heterocycles. The molecule has 3 heteroatoms. The Morgan fingerprint density at radius 2 is 2.07 bits per heavy atom. The van der Waals surface area contributed by atoms with Crippen LogP contribution in [0.15, 0.2) is 53.9 Å². The second-order valence-electron chi connectivity index (χ2n) is 10.1. The van der Waals surface area contributed by atoms with Gasteiger partial charge in [-0.3, -0.25) is 9.78 Å². The zero-order valence-corrected chi connectivity index (χ0v) is 17.9. The third kappa shape index (κ3) is 2.85. The van der Waals surface area contributed by atoms with Crippen molar-refractivity contribution in [1.82, 2.24) is 10.3 Å². The van der Waals surface area contributed by atoms with Crippen LogP contribution < -0.4 is 5.32 Å². The van der Waals surface area contributed by atoms with Gasteiger partial charge in [-0.05, 0) is 73.0 Å². The third-order valence-corrected chi connectivity index (χ3v) is 8.53. The van der Waals surface area contributed by atoms with Gasteiger partial charge >= 0.3 is 0 Å². The molecule has 29 heavy (non-hydrogen) atoms. The molecule has 0 bridgehead atoms. The minimum Gasteiger partial charge on any atom is -0.353 e. The van der Waals surface area contributed by atoms with Crippen molar-refractivity contribution >= 4 is 11.5 Å². The lowest BCUT2D eigenvalue weighted by Crippen LogP contribution is -2.49. The van der Waals surface area contributed by atoms with E-state index < -0.39 is 0 Å². The van der Waals surface area contributed by atoms with Crippen LogP contribution in [-0.2, 0) is 4.79 Å². The molecule has 0 aromatic carbocycles. The van der Waals surface area contributed by atoms with E-state index in [2.05, 4.69) is 48.4 Å². The number of allylic oxidation sites excluding steroid dienone is 5. The lowest BCUT2D eigenvalue weighted by atomic mass is 9.49. The largest absolute Gasteiger partial charge is 0.353 e. The summed E-state index contributed by atoms with van der Waals surface area (Å²) in [5.41, 5.74) is 6.41. The summed E-state index contributed by atoms with van der Waals surface area (Å²) < 4.78 is 0. The molecule has 1 N–H and O–H groups in total. The van der Waals surface area contributed by atoms with Crippen molar-refractivity contribution in [2.24, 2.45) is 22.7 Å². The lowest BCUT2D eigenvalue weighted by Gasteiger charge is -2.56. The second kappa shape index (κ2) is 6.68. The average molecular weight is 389 g/mol. The molecule has 5 atom stereocenters. The molecule has 4 aliphatic rings. The number of aromatic nitrogens is 1. The molecule has 2 saturated carbocycles. The molecular formula is C26H32N2O. The minimum atomic E-state index is 0.103. The lowest BCUT2D eigenvalue weighted by molar-refractivity contribution is -0.119. The van der Waals surface area contributed by atoms with Gasteiger partial charge in [0, 0.05) is 30.8 Å². The highest BCUT2D eigenvalue weighted by Crippen LogP contribution is 2.64. The number of nitrogens with one attached hydrogen (secondary N) is 1. The van der Waals surface area contributed by atoms with E-state index in [1.54, 1.807) is 18.1 Å². The van der Waals surface area contributed by atoms with Crippen LogP contribution in [0.4, 0.5) is 0 Å². The van der Waals surface area contributed by atoms with Crippen molar-refractivity contribution in [2.45, 2.75) is 65.3 Å². The van der Waals surface area contributed by atoms with Gasteiger partial charge in [0.2, 0.25) is 5.91 Å². The molecule has 4 aliphatic carbocycles. The third-order valence-electron chi connectivity index (χ3n) is 8.53. The van der Waals surface area contributed by atoms with E-state index in [1.165, 1.54) is 30.4 Å². The first-order chi connectivity index (χ1) is 13.9. The summed E-state index contributed by atoms with van der Waals surface area (Å²) >= 11 is 0. The van der Waals surface area contributed by atoms with Gasteiger partial charge in [0.15, 0.2) is 0 Å². The highest BCUT2D eigenvalue weighted by atomic mass is 16.1. The summed E-state index contributed by atoms with van der Waals surface area (Å²) in [5.74, 6) is 1.47. The molecule has 0 radical (unpaired) electrons. The molecule has 0 unspecified atom stereocenters. The highest BCUT2D eigenvalue weighted by Gasteiger charge is 2.54. The van der Waals surface area contributed by atoms with Crippen LogP contribution in [-0.4, -0.2) is 16.9 Å². The summed E-state index contributed by atoms with van der Waals surface area (Å²) in [4.78, 5) is 15.9. The van der Waals surface area contributed by atoms with Crippen LogP contribution in [0.2, 0.25) is 0 Å². The zero-order chi connectivity index (χ0) is 20.2. The molecule has 0 aliphatic heterocycles. The van der Waals surface area contributed by atoms with E-state index in [4.69, 9.17) is 0 Å². The molecular weight excluding hydrogens is 356 g/mol. The number of hydrogen-bond acceptors (Lipinski definition) is 2. The number of rotatable bonds is 2. The monoisotopic (exact) mass is 388 g/mol. The Balaban J connectivity index is 1.42. The fourth-order valence-corrected chi connectivity index (χ4v) is 7.02. The van der Waals surface area contributed by atoms with Crippen molar-refractivity contribution in [3.05, 3.63) is 59.5 Å². The maximum Gasteiger partial charge on any atom is 0.217 e. The maximum absolute atomic E-state index is 11.5. The Hall–Kier alpha value is -2.16. The van der Waals surface area contributed by atoms with E-state index in [0.717, 1.165) is 25.2 Å². The van der Waals surface area contributed by atoms with Crippen LogP contribution in [0.25, 0.3) is 5.57 Å². The number of hydrogen-bond donors (Lipinski definition) is 1. The number of carbonyl (C=O) groups is 1. The molecule has 1 aromatic heterocycles. The molecule has 0 saturated heterocycles. The minimum absolute atomic E-state index is 0.103.